The fraction of sp³-hybridized carbons (Fsp3) is 0.471. The number of carboxylic acids is 1. The minimum Gasteiger partial charge on any atom is -0.492 e. The third kappa shape index (κ3) is 5.16. The van der Waals surface area contributed by atoms with Gasteiger partial charge in [0.1, 0.15) is 12.4 Å². The molecule has 2 rings (SSSR count). The van der Waals surface area contributed by atoms with E-state index >= 15 is 0 Å². The number of amides is 2. The number of benzene rings is 1. The van der Waals surface area contributed by atoms with Crippen molar-refractivity contribution < 1.29 is 19.4 Å². The first-order valence-corrected chi connectivity index (χ1v) is 7.93. The van der Waals surface area contributed by atoms with Gasteiger partial charge in [0.05, 0.1) is 18.5 Å². The van der Waals surface area contributed by atoms with Gasteiger partial charge in [-0.15, -0.1) is 0 Å². The lowest BCUT2D eigenvalue weighted by Crippen LogP contribution is -2.55. The summed E-state index contributed by atoms with van der Waals surface area (Å²) in [5.74, 6) is -0.254. The standard InChI is InChI=1S/C17H21N3O4/c18-11-14-12-20(13-14)17(23)19(8-4-7-16(21)22)9-10-24-15-5-2-1-3-6-15/h1-3,5-6,14H,4,7-10,12-13H2,(H,21,22). The van der Waals surface area contributed by atoms with Crippen LogP contribution in [0, 0.1) is 17.2 Å². The number of carbonyl (C=O) groups excluding carboxylic acids is 1. The van der Waals surface area contributed by atoms with E-state index in [-0.39, 0.29) is 18.4 Å². The molecule has 0 aliphatic carbocycles. The van der Waals surface area contributed by atoms with E-state index in [1.165, 1.54) is 0 Å². The van der Waals surface area contributed by atoms with Crippen LogP contribution in [0.4, 0.5) is 4.79 Å². The number of likely N-dealkylation sites (tertiary alicyclic amines) is 1. The van der Waals surface area contributed by atoms with Gasteiger partial charge < -0.3 is 19.6 Å². The highest BCUT2D eigenvalue weighted by Gasteiger charge is 2.33. The molecule has 0 bridgehead atoms. The monoisotopic (exact) mass is 331 g/mol. The normalized spacial score (nSPS) is 13.7. The molecule has 1 fully saturated rings. The van der Waals surface area contributed by atoms with Gasteiger partial charge in [-0.1, -0.05) is 18.2 Å². The molecule has 0 unspecified atom stereocenters. The summed E-state index contributed by atoms with van der Waals surface area (Å²) in [7, 11) is 0. The Morgan fingerprint density at radius 2 is 2.00 bits per heavy atom. The highest BCUT2D eigenvalue weighted by molar-refractivity contribution is 5.75. The van der Waals surface area contributed by atoms with Crippen LogP contribution in [0.25, 0.3) is 0 Å². The minimum atomic E-state index is -0.878. The lowest BCUT2D eigenvalue weighted by atomic mass is 10.0. The van der Waals surface area contributed by atoms with Crippen LogP contribution in [0.2, 0.25) is 0 Å². The summed E-state index contributed by atoms with van der Waals surface area (Å²) in [6.45, 7) is 1.94. The van der Waals surface area contributed by atoms with Gasteiger partial charge in [-0.2, -0.15) is 5.26 Å². The molecule has 0 saturated carbocycles. The summed E-state index contributed by atoms with van der Waals surface area (Å²) < 4.78 is 5.61. The molecular formula is C17H21N3O4. The number of aliphatic carboxylic acids is 1. The topological polar surface area (TPSA) is 93.9 Å². The largest absolute Gasteiger partial charge is 0.492 e. The second-order valence-electron chi connectivity index (χ2n) is 5.66. The fourth-order valence-electron chi connectivity index (χ4n) is 2.43. The first-order chi connectivity index (χ1) is 11.6. The van der Waals surface area contributed by atoms with Gasteiger partial charge in [-0.25, -0.2) is 4.79 Å². The van der Waals surface area contributed by atoms with Crippen molar-refractivity contribution in [3.8, 4) is 11.8 Å². The lowest BCUT2D eigenvalue weighted by molar-refractivity contribution is -0.137. The Balaban J connectivity index is 1.83. The van der Waals surface area contributed by atoms with Crippen LogP contribution < -0.4 is 4.74 Å². The first kappa shape index (κ1) is 17.6. The molecule has 7 heteroatoms. The van der Waals surface area contributed by atoms with E-state index in [0.29, 0.717) is 39.2 Å². The van der Waals surface area contributed by atoms with Gasteiger partial charge in [0.2, 0.25) is 0 Å². The maximum Gasteiger partial charge on any atom is 0.320 e. The van der Waals surface area contributed by atoms with E-state index in [1.54, 1.807) is 9.80 Å². The van der Waals surface area contributed by atoms with E-state index in [4.69, 9.17) is 15.1 Å². The van der Waals surface area contributed by atoms with Crippen LogP contribution in [0.15, 0.2) is 30.3 Å². The van der Waals surface area contributed by atoms with E-state index < -0.39 is 5.97 Å². The number of hydrogen-bond donors (Lipinski definition) is 1. The van der Waals surface area contributed by atoms with Gasteiger partial charge >= 0.3 is 12.0 Å². The zero-order valence-electron chi connectivity index (χ0n) is 13.4. The van der Waals surface area contributed by atoms with Crippen molar-refractivity contribution in [2.75, 3.05) is 32.8 Å². The summed E-state index contributed by atoms with van der Waals surface area (Å²) in [5.41, 5.74) is 0. The Morgan fingerprint density at radius 3 is 2.62 bits per heavy atom. The third-order valence-electron chi connectivity index (χ3n) is 3.80. The Bertz CT molecular complexity index is 594. The van der Waals surface area contributed by atoms with Crippen LogP contribution in [-0.2, 0) is 4.79 Å². The minimum absolute atomic E-state index is 0.0180. The summed E-state index contributed by atoms with van der Waals surface area (Å²) in [6.07, 6.45) is 0.409. The third-order valence-corrected chi connectivity index (χ3v) is 3.80. The van der Waals surface area contributed by atoms with E-state index in [2.05, 4.69) is 6.07 Å². The molecule has 0 spiro atoms. The van der Waals surface area contributed by atoms with Gasteiger partial charge in [0.15, 0.2) is 0 Å². The Morgan fingerprint density at radius 1 is 1.29 bits per heavy atom. The van der Waals surface area contributed by atoms with E-state index in [1.807, 2.05) is 30.3 Å². The predicted molar refractivity (Wildman–Crippen MR) is 86.5 cm³/mol. The van der Waals surface area contributed by atoms with Crippen molar-refractivity contribution in [2.45, 2.75) is 12.8 Å². The molecule has 1 aliphatic heterocycles. The average Bonchev–Trinajstić information content (AvgIpc) is 2.53. The number of hydrogen-bond acceptors (Lipinski definition) is 4. The second-order valence-corrected chi connectivity index (χ2v) is 5.66. The zero-order chi connectivity index (χ0) is 17.4. The maximum absolute atomic E-state index is 12.4. The molecular weight excluding hydrogens is 310 g/mol. The lowest BCUT2D eigenvalue weighted by Gasteiger charge is -2.39. The number of nitriles is 1. The van der Waals surface area contributed by atoms with Gasteiger partial charge in [0.25, 0.3) is 0 Å². The smallest absolute Gasteiger partial charge is 0.320 e. The number of nitrogens with zero attached hydrogens (tertiary/aromatic N) is 3. The van der Waals surface area contributed by atoms with Gasteiger partial charge in [-0.3, -0.25) is 4.79 Å². The molecule has 1 aromatic carbocycles. The number of urea groups is 1. The van der Waals surface area contributed by atoms with Crippen LogP contribution in [0.5, 0.6) is 5.75 Å². The fourth-order valence-corrected chi connectivity index (χ4v) is 2.43. The van der Waals surface area contributed by atoms with Crippen molar-refractivity contribution in [3.05, 3.63) is 30.3 Å². The predicted octanol–water partition coefficient (Wildman–Crippen LogP) is 1.81. The molecule has 1 saturated heterocycles. The van der Waals surface area contributed by atoms with Crippen LogP contribution in [0.3, 0.4) is 0 Å². The molecule has 1 aliphatic rings. The number of para-hydroxylation sites is 1. The van der Waals surface area contributed by atoms with E-state index in [0.717, 1.165) is 5.75 Å². The number of ether oxygens (including phenoxy) is 1. The summed E-state index contributed by atoms with van der Waals surface area (Å²) in [5, 5.41) is 17.6. The molecule has 1 aromatic rings. The van der Waals surface area contributed by atoms with Crippen LogP contribution >= 0.6 is 0 Å². The summed E-state index contributed by atoms with van der Waals surface area (Å²) in [4.78, 5) is 26.3. The molecule has 1 N–H and O–H groups in total. The molecule has 1 heterocycles. The first-order valence-electron chi connectivity index (χ1n) is 7.93. The maximum atomic E-state index is 12.4. The Labute approximate surface area is 141 Å². The molecule has 0 atom stereocenters. The molecule has 2 amide bonds. The molecule has 7 nitrogen and oxygen atoms in total. The van der Waals surface area contributed by atoms with Crippen LogP contribution in [-0.4, -0.2) is 59.7 Å². The molecule has 128 valence electrons. The van der Waals surface area contributed by atoms with Crippen molar-refractivity contribution in [1.82, 2.24) is 9.80 Å². The molecule has 0 aromatic heterocycles. The number of carbonyl (C=O) groups is 2. The SMILES string of the molecule is N#CC1CN(C(=O)N(CCCC(=O)O)CCOc2ccccc2)C1. The number of carboxylic acid groups (broad SMARTS) is 1. The van der Waals surface area contributed by atoms with Gasteiger partial charge in [-0.05, 0) is 18.6 Å². The van der Waals surface area contributed by atoms with Crippen molar-refractivity contribution in [1.29, 1.82) is 5.26 Å². The number of rotatable bonds is 8. The highest BCUT2D eigenvalue weighted by Crippen LogP contribution is 2.17. The summed E-state index contributed by atoms with van der Waals surface area (Å²) >= 11 is 0. The average molecular weight is 331 g/mol. The van der Waals surface area contributed by atoms with Crippen molar-refractivity contribution in [2.24, 2.45) is 5.92 Å². The quantitative estimate of drug-likeness (QED) is 0.784. The second kappa shape index (κ2) is 8.77. The summed E-state index contributed by atoms with van der Waals surface area (Å²) in [6, 6.07) is 11.3. The zero-order valence-corrected chi connectivity index (χ0v) is 13.4. The Kier molecular flexibility index (Phi) is 6.43. The molecule has 24 heavy (non-hydrogen) atoms. The molecule has 0 radical (unpaired) electrons. The van der Waals surface area contributed by atoms with E-state index in [9.17, 15) is 9.59 Å². The van der Waals surface area contributed by atoms with Crippen LogP contribution in [0.1, 0.15) is 12.8 Å². The highest BCUT2D eigenvalue weighted by atomic mass is 16.5. The Hall–Kier alpha value is -2.75. The van der Waals surface area contributed by atoms with Crippen molar-refractivity contribution >= 4 is 12.0 Å². The van der Waals surface area contributed by atoms with Gasteiger partial charge in [0, 0.05) is 26.1 Å². The van der Waals surface area contributed by atoms with Crippen molar-refractivity contribution in [3.63, 3.8) is 0 Å².